The van der Waals surface area contributed by atoms with Gasteiger partial charge in [0, 0.05) is 11.6 Å². The first kappa shape index (κ1) is 13.6. The van der Waals surface area contributed by atoms with Crippen molar-refractivity contribution in [3.8, 4) is 0 Å². The summed E-state index contributed by atoms with van der Waals surface area (Å²) in [4.78, 5) is 42.6. The highest BCUT2D eigenvalue weighted by Gasteiger charge is 2.60. The second kappa shape index (κ2) is 4.74. The fourth-order valence-corrected chi connectivity index (χ4v) is 4.45. The van der Waals surface area contributed by atoms with E-state index in [0.717, 1.165) is 11.3 Å². The molecule has 1 aromatic rings. The zero-order valence-corrected chi connectivity index (χ0v) is 12.7. The predicted octanol–water partition coefficient (Wildman–Crippen LogP) is 1.28. The first-order valence-electron chi connectivity index (χ1n) is 7.33. The fraction of sp³-hybridized carbons (Fsp3) is 0.467. The Bertz CT molecular complexity index is 654. The van der Waals surface area contributed by atoms with E-state index in [2.05, 4.69) is 10.3 Å². The molecule has 1 N–H and O–H groups in total. The van der Waals surface area contributed by atoms with E-state index in [0.29, 0.717) is 5.13 Å². The molecule has 1 saturated carbocycles. The summed E-state index contributed by atoms with van der Waals surface area (Å²) in [5.74, 6) is -0.995. The summed E-state index contributed by atoms with van der Waals surface area (Å²) in [6.07, 6.45) is 6.56. The van der Waals surface area contributed by atoms with E-state index >= 15 is 0 Å². The number of carbonyl (C=O) groups excluding carboxylic acids is 3. The molecule has 1 aliphatic heterocycles. The molecule has 3 amide bonds. The Hall–Kier alpha value is -2.02. The van der Waals surface area contributed by atoms with Crippen molar-refractivity contribution in [1.82, 2.24) is 9.88 Å². The standard InChI is InChI=1S/C15H15N3O3S/c1-7(12(19)17-15-16-4-5-22-15)18-13(20)10-8-2-3-9(6-8)11(10)14(18)21/h2-5,7-11H,6H2,1H3,(H,16,17,19)/t7-,8+,9+,10-,11-/m1/s1. The van der Waals surface area contributed by atoms with Gasteiger partial charge in [-0.3, -0.25) is 19.3 Å². The van der Waals surface area contributed by atoms with Crippen LogP contribution in [0.3, 0.4) is 0 Å². The van der Waals surface area contributed by atoms with Crippen LogP contribution in [-0.2, 0) is 14.4 Å². The molecule has 5 atom stereocenters. The molecule has 0 radical (unpaired) electrons. The quantitative estimate of drug-likeness (QED) is 0.673. The summed E-state index contributed by atoms with van der Waals surface area (Å²) in [5, 5.41) is 4.87. The number of nitrogens with one attached hydrogen (secondary N) is 1. The number of allylic oxidation sites excluding steroid dienone is 2. The van der Waals surface area contributed by atoms with Gasteiger partial charge in [-0.2, -0.15) is 0 Å². The van der Waals surface area contributed by atoms with E-state index in [1.807, 2.05) is 12.2 Å². The Balaban J connectivity index is 1.54. The number of hydrogen-bond acceptors (Lipinski definition) is 5. The summed E-state index contributed by atoms with van der Waals surface area (Å²) in [7, 11) is 0. The molecule has 2 bridgehead atoms. The van der Waals surface area contributed by atoms with Crippen molar-refractivity contribution in [3.05, 3.63) is 23.7 Å². The third kappa shape index (κ3) is 1.78. The summed E-state index contributed by atoms with van der Waals surface area (Å²) >= 11 is 1.30. The molecule has 0 aromatic carbocycles. The van der Waals surface area contributed by atoms with Gasteiger partial charge in [0.15, 0.2) is 5.13 Å². The highest BCUT2D eigenvalue weighted by Crippen LogP contribution is 2.52. The molecule has 2 fully saturated rings. The van der Waals surface area contributed by atoms with E-state index in [1.54, 1.807) is 18.5 Å². The Morgan fingerprint density at radius 2 is 1.95 bits per heavy atom. The van der Waals surface area contributed by atoms with E-state index in [9.17, 15) is 14.4 Å². The van der Waals surface area contributed by atoms with Crippen molar-refractivity contribution in [2.45, 2.75) is 19.4 Å². The SMILES string of the molecule is C[C@H](C(=O)Nc1nccs1)N1C(=O)[C@H]2[C@H](C1=O)[C@H]1C=C[C@H]2C1. The second-order valence-corrected chi connectivity index (χ2v) is 6.94. The van der Waals surface area contributed by atoms with Crippen molar-refractivity contribution >= 4 is 34.2 Å². The van der Waals surface area contributed by atoms with E-state index in [1.165, 1.54) is 11.3 Å². The third-order valence-corrected chi connectivity index (χ3v) is 5.62. The predicted molar refractivity (Wildman–Crippen MR) is 79.8 cm³/mol. The Morgan fingerprint density at radius 3 is 2.50 bits per heavy atom. The van der Waals surface area contributed by atoms with Gasteiger partial charge in [-0.1, -0.05) is 12.2 Å². The Morgan fingerprint density at radius 1 is 1.32 bits per heavy atom. The molecule has 22 heavy (non-hydrogen) atoms. The fourth-order valence-electron chi connectivity index (χ4n) is 3.92. The number of likely N-dealkylation sites (tertiary alicyclic amines) is 1. The van der Waals surface area contributed by atoms with Crippen LogP contribution in [0, 0.1) is 23.7 Å². The van der Waals surface area contributed by atoms with Crippen LogP contribution in [-0.4, -0.2) is 33.6 Å². The van der Waals surface area contributed by atoms with Crippen LogP contribution in [0.1, 0.15) is 13.3 Å². The molecule has 4 rings (SSSR count). The van der Waals surface area contributed by atoms with E-state index in [-0.39, 0.29) is 41.4 Å². The molecule has 2 aliphatic carbocycles. The van der Waals surface area contributed by atoms with Crippen LogP contribution < -0.4 is 5.32 Å². The van der Waals surface area contributed by atoms with Crippen LogP contribution in [0.5, 0.6) is 0 Å². The van der Waals surface area contributed by atoms with E-state index < -0.39 is 6.04 Å². The molecule has 114 valence electrons. The smallest absolute Gasteiger partial charge is 0.249 e. The molecule has 1 aromatic heterocycles. The lowest BCUT2D eigenvalue weighted by Crippen LogP contribution is -2.46. The highest BCUT2D eigenvalue weighted by atomic mass is 32.1. The van der Waals surface area contributed by atoms with Gasteiger partial charge < -0.3 is 5.32 Å². The first-order valence-corrected chi connectivity index (χ1v) is 8.21. The van der Waals surface area contributed by atoms with Gasteiger partial charge in [0.25, 0.3) is 0 Å². The summed E-state index contributed by atoms with van der Waals surface area (Å²) in [5.41, 5.74) is 0. The number of anilines is 1. The van der Waals surface area contributed by atoms with Gasteiger partial charge >= 0.3 is 0 Å². The lowest BCUT2D eigenvalue weighted by Gasteiger charge is -2.23. The third-order valence-electron chi connectivity index (χ3n) is 4.93. The zero-order valence-electron chi connectivity index (χ0n) is 11.9. The van der Waals surface area contributed by atoms with Crippen molar-refractivity contribution in [2.75, 3.05) is 5.32 Å². The number of rotatable bonds is 3. The summed E-state index contributed by atoms with van der Waals surface area (Å²) in [6.45, 7) is 1.59. The van der Waals surface area contributed by atoms with Crippen LogP contribution >= 0.6 is 11.3 Å². The molecule has 7 heteroatoms. The molecular formula is C15H15N3O3S. The molecule has 3 aliphatic rings. The average Bonchev–Trinajstić information content (AvgIpc) is 3.24. The Labute approximate surface area is 131 Å². The van der Waals surface area contributed by atoms with Gasteiger partial charge in [-0.15, -0.1) is 11.3 Å². The molecule has 0 unspecified atom stereocenters. The van der Waals surface area contributed by atoms with Gasteiger partial charge in [0.05, 0.1) is 11.8 Å². The lowest BCUT2D eigenvalue weighted by molar-refractivity contribution is -0.146. The summed E-state index contributed by atoms with van der Waals surface area (Å²) < 4.78 is 0. The second-order valence-electron chi connectivity index (χ2n) is 6.05. The topological polar surface area (TPSA) is 79.4 Å². The van der Waals surface area contributed by atoms with Gasteiger partial charge in [0.2, 0.25) is 17.7 Å². The van der Waals surface area contributed by atoms with Gasteiger partial charge in [0.1, 0.15) is 6.04 Å². The first-order chi connectivity index (χ1) is 10.6. The molecule has 2 heterocycles. The largest absolute Gasteiger partial charge is 0.300 e. The number of nitrogens with zero attached hydrogens (tertiary/aromatic N) is 2. The minimum absolute atomic E-state index is 0.158. The maximum Gasteiger partial charge on any atom is 0.249 e. The highest BCUT2D eigenvalue weighted by molar-refractivity contribution is 7.13. The monoisotopic (exact) mass is 317 g/mol. The maximum atomic E-state index is 12.6. The number of imide groups is 1. The van der Waals surface area contributed by atoms with Crippen molar-refractivity contribution < 1.29 is 14.4 Å². The van der Waals surface area contributed by atoms with Crippen LogP contribution in [0.4, 0.5) is 5.13 Å². The lowest BCUT2D eigenvalue weighted by atomic mass is 9.85. The number of carbonyl (C=O) groups is 3. The number of thiazole rings is 1. The summed E-state index contributed by atoms with van der Waals surface area (Å²) in [6, 6.07) is -0.811. The number of amides is 3. The van der Waals surface area contributed by atoms with Crippen LogP contribution in [0.25, 0.3) is 0 Å². The van der Waals surface area contributed by atoms with Gasteiger partial charge in [-0.25, -0.2) is 4.98 Å². The minimum atomic E-state index is -0.811. The van der Waals surface area contributed by atoms with Crippen LogP contribution in [0.15, 0.2) is 23.7 Å². The van der Waals surface area contributed by atoms with Crippen molar-refractivity contribution in [3.63, 3.8) is 0 Å². The van der Waals surface area contributed by atoms with Crippen molar-refractivity contribution in [2.24, 2.45) is 23.7 Å². The van der Waals surface area contributed by atoms with Gasteiger partial charge in [-0.05, 0) is 25.2 Å². The number of aromatic nitrogens is 1. The van der Waals surface area contributed by atoms with Crippen LogP contribution in [0.2, 0.25) is 0 Å². The number of hydrogen-bond donors (Lipinski definition) is 1. The average molecular weight is 317 g/mol. The zero-order chi connectivity index (χ0) is 15.4. The Kier molecular flexibility index (Phi) is 2.94. The maximum absolute atomic E-state index is 12.6. The normalized spacial score (nSPS) is 33.4. The molecule has 0 spiro atoms. The van der Waals surface area contributed by atoms with E-state index in [4.69, 9.17) is 0 Å². The molecule has 6 nitrogen and oxygen atoms in total. The molecule has 1 saturated heterocycles. The van der Waals surface area contributed by atoms with Crippen molar-refractivity contribution in [1.29, 1.82) is 0 Å². The number of fused-ring (bicyclic) bond motifs is 5. The molecular weight excluding hydrogens is 302 g/mol. The minimum Gasteiger partial charge on any atom is -0.300 e.